The molecule has 1 aliphatic heterocycles. The van der Waals surface area contributed by atoms with Crippen LogP contribution >= 0.6 is 0 Å². The van der Waals surface area contributed by atoms with Gasteiger partial charge in [-0.3, -0.25) is 19.2 Å². The Labute approximate surface area is 235 Å². The molecule has 2 aliphatic carbocycles. The smallest absolute Gasteiger partial charge is 0.326 e. The van der Waals surface area contributed by atoms with E-state index < -0.39 is 70.5 Å². The fourth-order valence-corrected chi connectivity index (χ4v) is 6.14. The van der Waals surface area contributed by atoms with Crippen molar-refractivity contribution in [1.82, 2.24) is 20.9 Å². The molecule has 3 fully saturated rings. The van der Waals surface area contributed by atoms with Gasteiger partial charge in [-0.05, 0) is 46.8 Å². The van der Waals surface area contributed by atoms with Gasteiger partial charge in [0.25, 0.3) is 5.91 Å². The van der Waals surface area contributed by atoms with Gasteiger partial charge in [0.2, 0.25) is 17.6 Å². The largest absolute Gasteiger partial charge is 0.480 e. The van der Waals surface area contributed by atoms with Crippen LogP contribution in [0.2, 0.25) is 0 Å². The van der Waals surface area contributed by atoms with Gasteiger partial charge in [0, 0.05) is 6.54 Å². The Balaban J connectivity index is 1.85. The second-order valence-corrected chi connectivity index (χ2v) is 14.3. The van der Waals surface area contributed by atoms with Gasteiger partial charge >= 0.3 is 12.0 Å². The Morgan fingerprint density at radius 3 is 1.85 bits per heavy atom. The summed E-state index contributed by atoms with van der Waals surface area (Å²) in [6, 6.07) is -5.02. The number of aliphatic carboxylic acids is 1. The minimum absolute atomic E-state index is 0.0490. The summed E-state index contributed by atoms with van der Waals surface area (Å²) in [5.74, 6) is -4.45. The molecule has 2 saturated carbocycles. The van der Waals surface area contributed by atoms with E-state index in [9.17, 15) is 33.9 Å². The van der Waals surface area contributed by atoms with Gasteiger partial charge in [0.15, 0.2) is 0 Å². The fraction of sp³-hybridized carbons (Fsp3) is 0.786. The molecule has 3 aliphatic rings. The normalized spacial score (nSPS) is 25.9. The average Bonchev–Trinajstić information content (AvgIpc) is 3.11. The number of fused-ring (bicyclic) bond motifs is 1. The standard InChI is InChI=1S/C28H45N5O7/c1-26(2,3)19(31-25(40)32-20(24(38)39)27(4,5)6)23(37)33-12-14-15(28(14,7)8)17(33)22(36)30-16(13-10-9-11-13)18(34)21(29)35/h13-17,19-20H,9-12H2,1-8H3,(H2,29,35)(H,30,36)(H,38,39)(H2,31,32,40)/t14-,15-,16?,17-,19+,20+/m0/s1. The summed E-state index contributed by atoms with van der Waals surface area (Å²) in [5, 5.41) is 17.5. The third kappa shape index (κ3) is 6.10. The van der Waals surface area contributed by atoms with Gasteiger partial charge in [0.1, 0.15) is 24.2 Å². The molecule has 224 valence electrons. The van der Waals surface area contributed by atoms with E-state index in [1.165, 1.54) is 4.90 Å². The Morgan fingerprint density at radius 2 is 1.43 bits per heavy atom. The Morgan fingerprint density at radius 1 is 0.900 bits per heavy atom. The number of nitrogens with two attached hydrogens (primary N) is 1. The monoisotopic (exact) mass is 563 g/mol. The van der Waals surface area contributed by atoms with Gasteiger partial charge in [-0.25, -0.2) is 9.59 Å². The molecule has 0 radical (unpaired) electrons. The number of nitrogens with zero attached hydrogens (tertiary/aromatic N) is 1. The molecule has 40 heavy (non-hydrogen) atoms. The first-order chi connectivity index (χ1) is 18.2. The summed E-state index contributed by atoms with van der Waals surface area (Å²) in [4.78, 5) is 78.2. The lowest BCUT2D eigenvalue weighted by molar-refractivity contribution is -0.145. The van der Waals surface area contributed by atoms with Crippen molar-refractivity contribution in [2.24, 2.45) is 39.7 Å². The number of carbonyl (C=O) groups excluding carboxylic acids is 5. The lowest BCUT2D eigenvalue weighted by atomic mass is 9.78. The number of rotatable bonds is 9. The van der Waals surface area contributed by atoms with Crippen molar-refractivity contribution in [2.75, 3.05) is 6.54 Å². The van der Waals surface area contributed by atoms with Crippen LogP contribution in [0.15, 0.2) is 0 Å². The van der Waals surface area contributed by atoms with E-state index >= 15 is 0 Å². The van der Waals surface area contributed by atoms with E-state index in [-0.39, 0.29) is 23.2 Å². The van der Waals surface area contributed by atoms with E-state index in [1.54, 1.807) is 41.5 Å². The Bertz CT molecular complexity index is 1090. The van der Waals surface area contributed by atoms with E-state index in [2.05, 4.69) is 16.0 Å². The van der Waals surface area contributed by atoms with Crippen molar-refractivity contribution < 1.29 is 33.9 Å². The molecule has 0 aromatic heterocycles. The molecule has 3 rings (SSSR count). The Hall–Kier alpha value is -3.18. The molecular weight excluding hydrogens is 518 g/mol. The third-order valence-corrected chi connectivity index (χ3v) is 8.98. The van der Waals surface area contributed by atoms with Crippen LogP contribution in [0.4, 0.5) is 4.79 Å². The fourth-order valence-electron chi connectivity index (χ4n) is 6.14. The molecule has 6 N–H and O–H groups in total. The number of carboxylic acid groups (broad SMARTS) is 1. The van der Waals surface area contributed by atoms with E-state index in [4.69, 9.17) is 5.73 Å². The van der Waals surface area contributed by atoms with Gasteiger partial charge in [-0.15, -0.1) is 0 Å². The van der Waals surface area contributed by atoms with Crippen LogP contribution in [0.1, 0.15) is 74.7 Å². The lowest BCUT2D eigenvalue weighted by Gasteiger charge is -2.39. The highest BCUT2D eigenvalue weighted by Crippen LogP contribution is 2.65. The number of urea groups is 1. The molecule has 0 aromatic rings. The van der Waals surface area contributed by atoms with Gasteiger partial charge in [0.05, 0.1) is 0 Å². The summed E-state index contributed by atoms with van der Waals surface area (Å²) < 4.78 is 0. The van der Waals surface area contributed by atoms with Crippen LogP contribution in [0.25, 0.3) is 0 Å². The summed E-state index contributed by atoms with van der Waals surface area (Å²) in [6.07, 6.45) is 2.26. The molecule has 0 bridgehead atoms. The number of nitrogens with one attached hydrogen (secondary N) is 3. The SMILES string of the molecule is CC(C)(C)[C@H](NC(=O)N[C@H](C(=O)N1C[C@H]2[C@@H]([C@H]1C(=O)NC(C(=O)C(N)=O)C1CCC1)C2(C)C)C(C)(C)C)C(=O)O. The molecule has 5 amide bonds. The topological polar surface area (TPSA) is 188 Å². The predicted molar refractivity (Wildman–Crippen MR) is 146 cm³/mol. The third-order valence-electron chi connectivity index (χ3n) is 8.98. The Kier molecular flexibility index (Phi) is 8.36. The number of hydrogen-bond donors (Lipinski definition) is 5. The molecular formula is C28H45N5O7. The number of amides is 5. The minimum atomic E-state index is -1.20. The number of ketones is 1. The van der Waals surface area contributed by atoms with Crippen molar-refractivity contribution >= 4 is 35.5 Å². The van der Waals surface area contributed by atoms with Crippen LogP contribution in [-0.4, -0.2) is 76.2 Å². The highest BCUT2D eigenvalue weighted by Gasteiger charge is 2.70. The summed E-state index contributed by atoms with van der Waals surface area (Å²) in [7, 11) is 0. The molecule has 0 aromatic carbocycles. The lowest BCUT2D eigenvalue weighted by Crippen LogP contribution is -2.63. The zero-order chi connectivity index (χ0) is 30.5. The zero-order valence-corrected chi connectivity index (χ0v) is 24.8. The second-order valence-electron chi connectivity index (χ2n) is 14.3. The van der Waals surface area contributed by atoms with Crippen LogP contribution in [0.3, 0.4) is 0 Å². The average molecular weight is 564 g/mol. The van der Waals surface area contributed by atoms with Crippen molar-refractivity contribution in [3.63, 3.8) is 0 Å². The number of carboxylic acids is 1. The molecule has 6 atom stereocenters. The highest BCUT2D eigenvalue weighted by atomic mass is 16.4. The number of primary amides is 1. The van der Waals surface area contributed by atoms with Crippen molar-refractivity contribution in [1.29, 1.82) is 0 Å². The summed E-state index contributed by atoms with van der Waals surface area (Å²) in [6.45, 7) is 14.7. The molecule has 1 heterocycles. The first-order valence-electron chi connectivity index (χ1n) is 13.9. The van der Waals surface area contributed by atoms with E-state index in [1.807, 2.05) is 13.8 Å². The molecule has 12 heteroatoms. The van der Waals surface area contributed by atoms with Crippen molar-refractivity contribution in [3.8, 4) is 0 Å². The number of carbonyl (C=O) groups is 6. The quantitative estimate of drug-likeness (QED) is 0.259. The van der Waals surface area contributed by atoms with Gasteiger partial charge < -0.3 is 31.7 Å². The van der Waals surface area contributed by atoms with Crippen LogP contribution in [0, 0.1) is 34.0 Å². The highest BCUT2D eigenvalue weighted by molar-refractivity contribution is 6.38. The number of likely N-dealkylation sites (tertiary alicyclic amines) is 1. The minimum Gasteiger partial charge on any atom is -0.480 e. The summed E-state index contributed by atoms with van der Waals surface area (Å²) >= 11 is 0. The number of Topliss-reactive ketones (excluding diaryl/α,β-unsaturated/α-hetero) is 1. The summed E-state index contributed by atoms with van der Waals surface area (Å²) in [5.41, 5.74) is 3.49. The maximum Gasteiger partial charge on any atom is 0.326 e. The molecule has 12 nitrogen and oxygen atoms in total. The van der Waals surface area contributed by atoms with Crippen molar-refractivity contribution in [3.05, 3.63) is 0 Å². The molecule has 0 spiro atoms. The van der Waals surface area contributed by atoms with E-state index in [0.29, 0.717) is 19.4 Å². The second kappa shape index (κ2) is 10.7. The van der Waals surface area contributed by atoms with Crippen LogP contribution in [0.5, 0.6) is 0 Å². The number of piperidine rings is 1. The predicted octanol–water partition coefficient (Wildman–Crippen LogP) is 1.02. The van der Waals surface area contributed by atoms with Gasteiger partial charge in [-0.1, -0.05) is 61.8 Å². The van der Waals surface area contributed by atoms with Crippen LogP contribution in [-0.2, 0) is 24.0 Å². The first kappa shape index (κ1) is 31.3. The number of hydrogen-bond acceptors (Lipinski definition) is 6. The zero-order valence-electron chi connectivity index (χ0n) is 24.8. The molecule has 1 saturated heterocycles. The van der Waals surface area contributed by atoms with Gasteiger partial charge in [-0.2, -0.15) is 0 Å². The maximum atomic E-state index is 14.0. The maximum absolute atomic E-state index is 14.0. The van der Waals surface area contributed by atoms with Crippen LogP contribution < -0.4 is 21.7 Å². The molecule has 1 unspecified atom stereocenters. The van der Waals surface area contributed by atoms with Crippen molar-refractivity contribution in [2.45, 2.75) is 98.8 Å². The van der Waals surface area contributed by atoms with E-state index in [0.717, 1.165) is 6.42 Å². The first-order valence-corrected chi connectivity index (χ1v) is 13.9.